The molecule has 0 aliphatic heterocycles. The summed E-state index contributed by atoms with van der Waals surface area (Å²) < 4.78 is 1.97. The van der Waals surface area contributed by atoms with Gasteiger partial charge in [0.05, 0.1) is 11.0 Å². The fourth-order valence-electron chi connectivity index (χ4n) is 2.92. The molecule has 124 valence electrons. The summed E-state index contributed by atoms with van der Waals surface area (Å²) in [5.41, 5.74) is 6.77. The first-order valence-electron chi connectivity index (χ1n) is 8.22. The molecule has 4 aromatic rings. The Labute approximate surface area is 146 Å². The van der Waals surface area contributed by atoms with Crippen molar-refractivity contribution in [2.75, 3.05) is 5.32 Å². The van der Waals surface area contributed by atoms with Crippen LogP contribution in [-0.2, 0) is 0 Å². The molecular formula is C20H19N5. The summed E-state index contributed by atoms with van der Waals surface area (Å²) in [5, 5.41) is 3.31. The van der Waals surface area contributed by atoms with Crippen molar-refractivity contribution in [1.29, 1.82) is 0 Å². The Morgan fingerprint density at radius 1 is 0.920 bits per heavy atom. The van der Waals surface area contributed by atoms with Crippen molar-refractivity contribution < 1.29 is 0 Å². The number of para-hydroxylation sites is 2. The normalized spacial score (nSPS) is 11.0. The van der Waals surface area contributed by atoms with Crippen LogP contribution in [0.1, 0.15) is 16.7 Å². The maximum absolute atomic E-state index is 4.64. The van der Waals surface area contributed by atoms with Crippen molar-refractivity contribution >= 4 is 22.7 Å². The molecule has 0 radical (unpaired) electrons. The van der Waals surface area contributed by atoms with E-state index in [0.29, 0.717) is 5.95 Å². The molecule has 4 rings (SSSR count). The second kappa shape index (κ2) is 6.02. The maximum atomic E-state index is 4.64. The van der Waals surface area contributed by atoms with Crippen molar-refractivity contribution in [2.45, 2.75) is 20.8 Å². The zero-order chi connectivity index (χ0) is 17.4. The maximum Gasteiger partial charge on any atom is 0.229 e. The average molecular weight is 329 g/mol. The lowest BCUT2D eigenvalue weighted by atomic mass is 10.0. The highest BCUT2D eigenvalue weighted by molar-refractivity contribution is 5.76. The van der Waals surface area contributed by atoms with E-state index in [-0.39, 0.29) is 0 Å². The van der Waals surface area contributed by atoms with E-state index in [9.17, 15) is 0 Å². The lowest BCUT2D eigenvalue weighted by Crippen LogP contribution is -2.02. The highest BCUT2D eigenvalue weighted by Gasteiger charge is 2.07. The van der Waals surface area contributed by atoms with E-state index >= 15 is 0 Å². The molecule has 2 heterocycles. The van der Waals surface area contributed by atoms with E-state index in [2.05, 4.69) is 53.2 Å². The standard InChI is InChI=1S/C20H19N5/c1-13-10-16(11-14(2)15(13)3)23-20-21-9-8-19(24-20)25-12-22-17-6-4-5-7-18(17)25/h4-12H,1-3H3,(H,21,23,24). The first kappa shape index (κ1) is 15.3. The lowest BCUT2D eigenvalue weighted by Gasteiger charge is -2.11. The number of fused-ring (bicyclic) bond motifs is 1. The summed E-state index contributed by atoms with van der Waals surface area (Å²) in [6, 6.07) is 14.1. The van der Waals surface area contributed by atoms with Gasteiger partial charge in [-0.2, -0.15) is 4.98 Å². The van der Waals surface area contributed by atoms with Crippen LogP contribution in [0, 0.1) is 20.8 Å². The van der Waals surface area contributed by atoms with Gasteiger partial charge in [0.1, 0.15) is 12.1 Å². The first-order valence-corrected chi connectivity index (χ1v) is 8.22. The zero-order valence-electron chi connectivity index (χ0n) is 14.5. The van der Waals surface area contributed by atoms with Gasteiger partial charge < -0.3 is 5.32 Å². The van der Waals surface area contributed by atoms with Gasteiger partial charge in [-0.3, -0.25) is 4.57 Å². The topological polar surface area (TPSA) is 55.6 Å². The van der Waals surface area contributed by atoms with Crippen LogP contribution in [-0.4, -0.2) is 19.5 Å². The molecule has 0 bridgehead atoms. The van der Waals surface area contributed by atoms with Gasteiger partial charge in [-0.25, -0.2) is 9.97 Å². The Bertz CT molecular complexity index is 1040. The minimum absolute atomic E-state index is 0.568. The number of aromatic nitrogens is 4. The summed E-state index contributed by atoms with van der Waals surface area (Å²) >= 11 is 0. The monoisotopic (exact) mass is 329 g/mol. The number of hydrogen-bond donors (Lipinski definition) is 1. The molecule has 0 aliphatic carbocycles. The van der Waals surface area contributed by atoms with Gasteiger partial charge in [0.25, 0.3) is 0 Å². The molecule has 0 fully saturated rings. The summed E-state index contributed by atoms with van der Waals surface area (Å²) in [7, 11) is 0. The van der Waals surface area contributed by atoms with Crippen molar-refractivity contribution in [3.63, 3.8) is 0 Å². The largest absolute Gasteiger partial charge is 0.324 e. The van der Waals surface area contributed by atoms with Crippen molar-refractivity contribution in [2.24, 2.45) is 0 Å². The minimum atomic E-state index is 0.568. The molecule has 0 saturated heterocycles. The first-order chi connectivity index (χ1) is 12.1. The number of imidazole rings is 1. The molecule has 0 atom stereocenters. The Kier molecular flexibility index (Phi) is 3.69. The van der Waals surface area contributed by atoms with Crippen LogP contribution in [0.3, 0.4) is 0 Å². The summed E-state index contributed by atoms with van der Waals surface area (Å²) in [6.45, 7) is 6.36. The highest BCUT2D eigenvalue weighted by Crippen LogP contribution is 2.22. The quantitative estimate of drug-likeness (QED) is 0.602. The predicted molar refractivity (Wildman–Crippen MR) is 101 cm³/mol. The third kappa shape index (κ3) is 2.85. The molecule has 2 aromatic carbocycles. The molecular weight excluding hydrogens is 310 g/mol. The van der Waals surface area contributed by atoms with Crippen molar-refractivity contribution in [3.8, 4) is 5.82 Å². The smallest absolute Gasteiger partial charge is 0.229 e. The highest BCUT2D eigenvalue weighted by atomic mass is 15.2. The van der Waals surface area contributed by atoms with E-state index in [1.54, 1.807) is 12.5 Å². The molecule has 0 amide bonds. The Hall–Kier alpha value is -3.21. The number of rotatable bonds is 3. The molecule has 2 aromatic heterocycles. The van der Waals surface area contributed by atoms with Crippen molar-refractivity contribution in [3.05, 3.63) is 71.7 Å². The van der Waals surface area contributed by atoms with Gasteiger partial charge in [0.2, 0.25) is 5.95 Å². The van der Waals surface area contributed by atoms with E-state index in [1.807, 2.05) is 34.9 Å². The van der Waals surface area contributed by atoms with Crippen LogP contribution in [0.2, 0.25) is 0 Å². The van der Waals surface area contributed by atoms with Crippen LogP contribution >= 0.6 is 0 Å². The van der Waals surface area contributed by atoms with Crippen LogP contribution in [0.15, 0.2) is 55.0 Å². The summed E-state index contributed by atoms with van der Waals surface area (Å²) in [5.74, 6) is 1.35. The summed E-state index contributed by atoms with van der Waals surface area (Å²) in [6.07, 6.45) is 3.55. The Morgan fingerprint density at radius 3 is 2.48 bits per heavy atom. The molecule has 0 spiro atoms. The third-order valence-electron chi connectivity index (χ3n) is 4.52. The van der Waals surface area contributed by atoms with Crippen molar-refractivity contribution in [1.82, 2.24) is 19.5 Å². The molecule has 0 saturated carbocycles. The van der Waals surface area contributed by atoms with E-state index in [1.165, 1.54) is 16.7 Å². The van der Waals surface area contributed by atoms with Gasteiger partial charge in [0.15, 0.2) is 0 Å². The molecule has 25 heavy (non-hydrogen) atoms. The Morgan fingerprint density at radius 2 is 1.68 bits per heavy atom. The van der Waals surface area contributed by atoms with Crippen LogP contribution < -0.4 is 5.32 Å². The van der Waals surface area contributed by atoms with Gasteiger partial charge in [-0.05, 0) is 67.8 Å². The van der Waals surface area contributed by atoms with Crippen LogP contribution in [0.25, 0.3) is 16.9 Å². The van der Waals surface area contributed by atoms with E-state index in [4.69, 9.17) is 0 Å². The number of anilines is 2. The number of nitrogens with one attached hydrogen (secondary N) is 1. The van der Waals surface area contributed by atoms with Crippen LogP contribution in [0.5, 0.6) is 0 Å². The number of benzene rings is 2. The molecule has 0 unspecified atom stereocenters. The van der Waals surface area contributed by atoms with Gasteiger partial charge >= 0.3 is 0 Å². The minimum Gasteiger partial charge on any atom is -0.324 e. The second-order valence-electron chi connectivity index (χ2n) is 6.20. The SMILES string of the molecule is Cc1cc(Nc2nccc(-n3cnc4ccccc43)n2)cc(C)c1C. The second-order valence-corrected chi connectivity index (χ2v) is 6.20. The zero-order valence-corrected chi connectivity index (χ0v) is 14.5. The van der Waals surface area contributed by atoms with Gasteiger partial charge in [-0.15, -0.1) is 0 Å². The molecule has 5 nitrogen and oxygen atoms in total. The van der Waals surface area contributed by atoms with E-state index in [0.717, 1.165) is 22.5 Å². The molecule has 1 N–H and O–H groups in total. The fraction of sp³-hybridized carbons (Fsp3) is 0.150. The number of aryl methyl sites for hydroxylation is 2. The van der Waals surface area contributed by atoms with Crippen LogP contribution in [0.4, 0.5) is 11.6 Å². The fourth-order valence-corrected chi connectivity index (χ4v) is 2.92. The predicted octanol–water partition coefficient (Wildman–Crippen LogP) is 4.48. The van der Waals surface area contributed by atoms with Gasteiger partial charge in [-0.1, -0.05) is 12.1 Å². The average Bonchev–Trinajstić information content (AvgIpc) is 3.04. The van der Waals surface area contributed by atoms with E-state index < -0.39 is 0 Å². The number of nitrogens with zero attached hydrogens (tertiary/aromatic N) is 4. The summed E-state index contributed by atoms with van der Waals surface area (Å²) in [4.78, 5) is 13.4. The Balaban J connectivity index is 1.70. The van der Waals surface area contributed by atoms with Gasteiger partial charge in [0, 0.05) is 11.9 Å². The third-order valence-corrected chi connectivity index (χ3v) is 4.52. The molecule has 0 aliphatic rings. The molecule has 5 heteroatoms. The number of hydrogen-bond acceptors (Lipinski definition) is 4. The lowest BCUT2D eigenvalue weighted by molar-refractivity contribution is 0.999.